The Hall–Kier alpha value is -1.90. The molecular formula is C19H23ClFN3O4. The lowest BCUT2D eigenvalue weighted by Gasteiger charge is -2.70. The molecule has 1 aliphatic heterocycles. The lowest BCUT2D eigenvalue weighted by atomic mass is 9.44. The van der Waals surface area contributed by atoms with Crippen molar-refractivity contribution in [2.45, 2.75) is 62.6 Å². The van der Waals surface area contributed by atoms with Gasteiger partial charge in [-0.15, -0.1) is 0 Å². The molecule has 3 unspecified atom stereocenters. The van der Waals surface area contributed by atoms with Crippen LogP contribution in [0.5, 0.6) is 5.75 Å². The first kappa shape index (κ1) is 19.4. The van der Waals surface area contributed by atoms with E-state index >= 15 is 0 Å². The van der Waals surface area contributed by atoms with E-state index in [0.717, 1.165) is 6.07 Å². The van der Waals surface area contributed by atoms with E-state index in [9.17, 15) is 14.0 Å². The number of carbonyl (C=O) groups excluding carboxylic acids is 2. The molecule has 0 aromatic heterocycles. The first-order valence-corrected chi connectivity index (χ1v) is 9.70. The summed E-state index contributed by atoms with van der Waals surface area (Å²) in [5.74, 6) is -0.744. The average Bonchev–Trinajstić information content (AvgIpc) is 2.91. The van der Waals surface area contributed by atoms with Gasteiger partial charge in [0.15, 0.2) is 12.7 Å². The highest BCUT2D eigenvalue weighted by Gasteiger charge is 2.69. The van der Waals surface area contributed by atoms with E-state index in [-0.39, 0.29) is 52.5 Å². The van der Waals surface area contributed by atoms with Crippen LogP contribution in [0.25, 0.3) is 0 Å². The molecule has 3 N–H and O–H groups in total. The van der Waals surface area contributed by atoms with Crippen LogP contribution in [0, 0.1) is 5.82 Å². The first-order valence-electron chi connectivity index (χ1n) is 9.32. The Balaban J connectivity index is 1.21. The zero-order valence-corrected chi connectivity index (χ0v) is 16.4. The van der Waals surface area contributed by atoms with Gasteiger partial charge in [0.2, 0.25) is 0 Å². The van der Waals surface area contributed by atoms with Crippen LogP contribution in [0.4, 0.5) is 4.39 Å². The zero-order chi connectivity index (χ0) is 20.1. The maximum atomic E-state index is 13.4. The first-order chi connectivity index (χ1) is 13.2. The molecule has 152 valence electrons. The van der Waals surface area contributed by atoms with Crippen LogP contribution in [0.1, 0.15) is 33.1 Å². The molecule has 1 aromatic rings. The Bertz CT molecular complexity index is 801. The Kier molecular flexibility index (Phi) is 4.76. The molecule has 1 heterocycles. The molecule has 5 rings (SSSR count). The summed E-state index contributed by atoms with van der Waals surface area (Å²) in [4.78, 5) is 24.6. The second kappa shape index (κ2) is 6.86. The highest BCUT2D eigenvalue weighted by molar-refractivity contribution is 6.30. The number of halogens is 2. The second-order valence-corrected chi connectivity index (χ2v) is 8.55. The van der Waals surface area contributed by atoms with Gasteiger partial charge in [0.25, 0.3) is 11.8 Å². The van der Waals surface area contributed by atoms with Gasteiger partial charge in [-0.2, -0.15) is 0 Å². The number of nitrogens with one attached hydrogen (secondary N) is 3. The summed E-state index contributed by atoms with van der Waals surface area (Å²) in [6, 6.07) is 3.99. The lowest BCUT2D eigenvalue weighted by Crippen LogP contribution is -2.84. The molecule has 1 aromatic carbocycles. The molecule has 0 spiro atoms. The van der Waals surface area contributed by atoms with E-state index in [0.29, 0.717) is 19.3 Å². The van der Waals surface area contributed by atoms with Gasteiger partial charge in [-0.1, -0.05) is 11.6 Å². The summed E-state index contributed by atoms with van der Waals surface area (Å²) >= 11 is 5.62. The van der Waals surface area contributed by atoms with E-state index in [1.807, 2.05) is 13.8 Å². The number of rotatable bonds is 6. The number of benzene rings is 1. The van der Waals surface area contributed by atoms with Crippen LogP contribution in [0.2, 0.25) is 5.02 Å². The molecule has 3 saturated carbocycles. The third kappa shape index (κ3) is 3.56. The van der Waals surface area contributed by atoms with Crippen molar-refractivity contribution in [1.29, 1.82) is 0 Å². The van der Waals surface area contributed by atoms with Crippen molar-refractivity contribution >= 4 is 23.4 Å². The van der Waals surface area contributed by atoms with Crippen LogP contribution in [0.3, 0.4) is 0 Å². The van der Waals surface area contributed by atoms with Crippen LogP contribution >= 0.6 is 11.6 Å². The van der Waals surface area contributed by atoms with Crippen molar-refractivity contribution in [2.75, 3.05) is 6.61 Å². The minimum atomic E-state index is -0.596. The van der Waals surface area contributed by atoms with Crippen molar-refractivity contribution in [3.8, 4) is 5.75 Å². The third-order valence-electron chi connectivity index (χ3n) is 5.65. The number of hydrogen-bond acceptors (Lipinski definition) is 5. The van der Waals surface area contributed by atoms with Gasteiger partial charge in [-0.05, 0) is 45.2 Å². The molecule has 3 aliphatic carbocycles. The Morgan fingerprint density at radius 3 is 2.57 bits per heavy atom. The topological polar surface area (TPSA) is 88.7 Å². The summed E-state index contributed by atoms with van der Waals surface area (Å²) < 4.78 is 24.3. The molecule has 0 radical (unpaired) electrons. The van der Waals surface area contributed by atoms with Crippen molar-refractivity contribution < 1.29 is 23.5 Å². The Morgan fingerprint density at radius 1 is 1.29 bits per heavy atom. The SMILES string of the molecule is CC1NC(C)C(C(=O)NC23CC(NC(=O)COc4ccc(Cl)c(F)c4)(C2)C3)O1. The van der Waals surface area contributed by atoms with E-state index in [1.165, 1.54) is 12.1 Å². The number of ether oxygens (including phenoxy) is 2. The molecule has 4 fully saturated rings. The Morgan fingerprint density at radius 2 is 1.96 bits per heavy atom. The number of amides is 2. The normalized spacial score (nSPS) is 35.5. The van der Waals surface area contributed by atoms with Crippen molar-refractivity contribution in [3.05, 3.63) is 29.0 Å². The van der Waals surface area contributed by atoms with Gasteiger partial charge in [0.05, 0.1) is 5.02 Å². The van der Waals surface area contributed by atoms with Gasteiger partial charge >= 0.3 is 0 Å². The maximum Gasteiger partial charge on any atom is 0.258 e. The number of hydrogen-bond donors (Lipinski definition) is 3. The summed E-state index contributed by atoms with van der Waals surface area (Å²) in [5.41, 5.74) is -0.536. The van der Waals surface area contributed by atoms with E-state index in [4.69, 9.17) is 21.1 Å². The molecule has 2 bridgehead atoms. The summed E-state index contributed by atoms with van der Waals surface area (Å²) in [7, 11) is 0. The van der Waals surface area contributed by atoms with E-state index in [1.54, 1.807) is 0 Å². The smallest absolute Gasteiger partial charge is 0.258 e. The minimum absolute atomic E-state index is 0.000602. The molecule has 7 nitrogen and oxygen atoms in total. The molecule has 3 atom stereocenters. The monoisotopic (exact) mass is 411 g/mol. The fourth-order valence-corrected chi connectivity index (χ4v) is 4.67. The van der Waals surface area contributed by atoms with Crippen LogP contribution in [-0.4, -0.2) is 47.9 Å². The maximum absolute atomic E-state index is 13.4. The minimum Gasteiger partial charge on any atom is -0.484 e. The molecule has 4 aliphatic rings. The van der Waals surface area contributed by atoms with Crippen LogP contribution in [0.15, 0.2) is 18.2 Å². The van der Waals surface area contributed by atoms with Gasteiger partial charge < -0.3 is 20.1 Å². The standard InChI is InChI=1S/C19H23ClFN3O4/c1-10-16(28-11(2)22-10)17(26)24-19-7-18(8-19,9-19)23-15(25)6-27-12-3-4-13(20)14(21)5-12/h3-5,10-11,16,22H,6-9H2,1-2H3,(H,23,25)(H,24,26). The van der Waals surface area contributed by atoms with Crippen molar-refractivity contribution in [1.82, 2.24) is 16.0 Å². The van der Waals surface area contributed by atoms with Gasteiger partial charge in [-0.3, -0.25) is 14.9 Å². The third-order valence-corrected chi connectivity index (χ3v) is 5.95. The summed E-state index contributed by atoms with van der Waals surface area (Å²) in [5, 5.41) is 9.20. The highest BCUT2D eigenvalue weighted by Crippen LogP contribution is 2.60. The quantitative estimate of drug-likeness (QED) is 0.660. The predicted octanol–water partition coefficient (Wildman–Crippen LogP) is 1.49. The summed E-state index contributed by atoms with van der Waals surface area (Å²) in [6.45, 7) is 3.58. The van der Waals surface area contributed by atoms with E-state index < -0.39 is 11.9 Å². The van der Waals surface area contributed by atoms with Gasteiger partial charge in [0.1, 0.15) is 17.8 Å². The Labute approximate surface area is 167 Å². The molecule has 9 heteroatoms. The highest BCUT2D eigenvalue weighted by atomic mass is 35.5. The van der Waals surface area contributed by atoms with Gasteiger partial charge in [0, 0.05) is 23.2 Å². The summed E-state index contributed by atoms with van der Waals surface area (Å²) in [6.07, 6.45) is 1.44. The second-order valence-electron chi connectivity index (χ2n) is 8.15. The van der Waals surface area contributed by atoms with Crippen molar-refractivity contribution in [2.24, 2.45) is 0 Å². The lowest BCUT2D eigenvalue weighted by molar-refractivity contribution is -0.156. The fraction of sp³-hybridized carbons (Fsp3) is 0.579. The molecule has 28 heavy (non-hydrogen) atoms. The van der Waals surface area contributed by atoms with Crippen LogP contribution < -0.4 is 20.7 Å². The van der Waals surface area contributed by atoms with E-state index in [2.05, 4.69) is 16.0 Å². The average molecular weight is 412 g/mol. The number of carbonyl (C=O) groups is 2. The molecular weight excluding hydrogens is 389 g/mol. The molecule has 1 saturated heterocycles. The zero-order valence-electron chi connectivity index (χ0n) is 15.7. The molecule has 2 amide bonds. The van der Waals surface area contributed by atoms with Crippen molar-refractivity contribution in [3.63, 3.8) is 0 Å². The fourth-order valence-electron chi connectivity index (χ4n) is 4.56. The largest absolute Gasteiger partial charge is 0.484 e. The van der Waals surface area contributed by atoms with Gasteiger partial charge in [-0.25, -0.2) is 4.39 Å². The van der Waals surface area contributed by atoms with Crippen LogP contribution in [-0.2, 0) is 14.3 Å². The predicted molar refractivity (Wildman–Crippen MR) is 99.4 cm³/mol.